The predicted octanol–water partition coefficient (Wildman–Crippen LogP) is 7.02. The molecule has 1 spiro atoms. The number of halogens is 1. The zero-order valence-electron chi connectivity index (χ0n) is 27.4. The van der Waals surface area contributed by atoms with Gasteiger partial charge < -0.3 is 34.3 Å². The summed E-state index contributed by atoms with van der Waals surface area (Å²) in [7, 11) is 0. The van der Waals surface area contributed by atoms with Crippen LogP contribution in [-0.2, 0) is 14.9 Å². The number of Topliss-reactive ketones (excluding diaryl/α,β-unsaturated/α-hetero) is 1. The van der Waals surface area contributed by atoms with Crippen molar-refractivity contribution in [3.63, 3.8) is 0 Å². The van der Waals surface area contributed by atoms with E-state index in [9.17, 15) is 10.3 Å². The van der Waals surface area contributed by atoms with Crippen LogP contribution in [0, 0.1) is 0 Å². The van der Waals surface area contributed by atoms with E-state index in [2.05, 4.69) is 38.9 Å². The minimum absolute atomic E-state index is 0.0692. The van der Waals surface area contributed by atoms with E-state index >= 15 is 0 Å². The average molecular weight is 671 g/mol. The molecular formula is C38H43ClN4O5. The molecule has 0 saturated carbocycles. The van der Waals surface area contributed by atoms with Crippen molar-refractivity contribution in [2.45, 2.75) is 50.4 Å². The number of anilines is 2. The summed E-state index contributed by atoms with van der Waals surface area (Å²) in [6.45, 7) is 6.89. The second-order valence-corrected chi connectivity index (χ2v) is 13.3. The highest BCUT2D eigenvalue weighted by Crippen LogP contribution is 2.57. The Bertz CT molecular complexity index is 1630. The summed E-state index contributed by atoms with van der Waals surface area (Å²) in [5.41, 5.74) is 14.4. The molecule has 0 N–H and O–H groups in total. The van der Waals surface area contributed by atoms with Crippen LogP contribution in [0.1, 0.15) is 72.0 Å². The SMILES string of the molecule is [N-]=[N+]=C1C(=O)c2ccc(OCCCOCCOCCCCCCCl)cc2C12c1ccc(N3CCC3)cc1Oc1cc(N3CCC3)ccc12. The largest absolute Gasteiger partial charge is 0.493 e. The van der Waals surface area contributed by atoms with Gasteiger partial charge in [0.15, 0.2) is 5.41 Å². The van der Waals surface area contributed by atoms with Crippen LogP contribution >= 0.6 is 11.6 Å². The van der Waals surface area contributed by atoms with Gasteiger partial charge in [-0.3, -0.25) is 4.79 Å². The van der Waals surface area contributed by atoms with Crippen molar-refractivity contribution < 1.29 is 28.5 Å². The molecule has 3 aromatic rings. The van der Waals surface area contributed by atoms with Crippen LogP contribution < -0.4 is 19.3 Å². The van der Waals surface area contributed by atoms with Crippen molar-refractivity contribution in [1.82, 2.24) is 0 Å². The summed E-state index contributed by atoms with van der Waals surface area (Å²) >= 11 is 5.72. The summed E-state index contributed by atoms with van der Waals surface area (Å²) in [4.78, 5) is 22.3. The van der Waals surface area contributed by atoms with Crippen LogP contribution in [0.15, 0.2) is 54.6 Å². The fourth-order valence-corrected chi connectivity index (χ4v) is 7.34. The number of ether oxygens (including phenoxy) is 4. The molecule has 0 aromatic heterocycles. The maximum Gasteiger partial charge on any atom is 0.358 e. The van der Waals surface area contributed by atoms with E-state index in [0.717, 1.165) is 105 Å². The number of nitrogens with zero attached hydrogens (tertiary/aromatic N) is 4. The van der Waals surface area contributed by atoms with Crippen LogP contribution in [0.25, 0.3) is 5.53 Å². The monoisotopic (exact) mass is 670 g/mol. The van der Waals surface area contributed by atoms with Gasteiger partial charge in [-0.15, -0.1) is 11.6 Å². The standard InChI is InChI=1S/C38H43ClN4O5/c39-14-3-1-2-4-19-45-22-23-46-20-7-21-47-29-10-11-30-33(26-29)38(37(41-40)36(30)44)31-12-8-27(42-15-5-16-42)24-34(31)48-35-25-28(9-13-32(35)38)43-17-6-18-43/h8-13,24-26H,1-7,14-23H2. The smallest absolute Gasteiger partial charge is 0.358 e. The molecule has 3 heterocycles. The fourth-order valence-electron chi connectivity index (χ4n) is 7.15. The Kier molecular flexibility index (Phi) is 10.0. The Balaban J connectivity index is 1.10. The predicted molar refractivity (Wildman–Crippen MR) is 187 cm³/mol. The van der Waals surface area contributed by atoms with E-state index in [0.29, 0.717) is 55.7 Å². The maximum absolute atomic E-state index is 14.0. The minimum Gasteiger partial charge on any atom is -0.493 e. The Morgan fingerprint density at radius 3 is 1.94 bits per heavy atom. The highest BCUT2D eigenvalue weighted by Gasteiger charge is 2.62. The number of unbranched alkanes of at least 4 members (excludes halogenated alkanes) is 3. The molecule has 0 unspecified atom stereocenters. The summed E-state index contributed by atoms with van der Waals surface area (Å²) in [6.07, 6.45) is 7.43. The van der Waals surface area contributed by atoms with E-state index in [1.54, 1.807) is 6.07 Å². The first-order valence-corrected chi connectivity index (χ1v) is 17.9. The van der Waals surface area contributed by atoms with Gasteiger partial charge in [0.25, 0.3) is 5.78 Å². The molecule has 7 rings (SSSR count). The molecule has 4 aliphatic rings. The van der Waals surface area contributed by atoms with Crippen LogP contribution in [0.4, 0.5) is 11.4 Å². The summed E-state index contributed by atoms with van der Waals surface area (Å²) < 4.78 is 24.3. The van der Waals surface area contributed by atoms with E-state index in [1.165, 1.54) is 0 Å². The molecular weight excluding hydrogens is 628 g/mol. The molecule has 0 atom stereocenters. The Morgan fingerprint density at radius 1 is 0.729 bits per heavy atom. The number of rotatable bonds is 16. The fraction of sp³-hybridized carbons (Fsp3) is 0.474. The highest BCUT2D eigenvalue weighted by atomic mass is 35.5. The van der Waals surface area contributed by atoms with Crippen LogP contribution in [-0.4, -0.2) is 81.4 Å². The van der Waals surface area contributed by atoms with Crippen LogP contribution in [0.2, 0.25) is 0 Å². The number of hydrogen-bond donors (Lipinski definition) is 0. The van der Waals surface area contributed by atoms with E-state index < -0.39 is 5.41 Å². The van der Waals surface area contributed by atoms with E-state index in [1.807, 2.05) is 24.3 Å². The van der Waals surface area contributed by atoms with Gasteiger partial charge in [-0.05, 0) is 61.6 Å². The molecule has 2 saturated heterocycles. The Morgan fingerprint density at radius 2 is 1.35 bits per heavy atom. The molecule has 252 valence electrons. The lowest BCUT2D eigenvalue weighted by Gasteiger charge is -2.39. The number of fused-ring (bicyclic) bond motifs is 6. The Hall–Kier alpha value is -3.88. The van der Waals surface area contributed by atoms with Crippen molar-refractivity contribution in [1.29, 1.82) is 0 Å². The molecule has 10 heteroatoms. The van der Waals surface area contributed by atoms with E-state index in [-0.39, 0.29) is 11.5 Å². The minimum atomic E-state index is -1.16. The Labute approximate surface area is 287 Å². The number of carbonyl (C=O) groups is 1. The maximum atomic E-state index is 14.0. The van der Waals surface area contributed by atoms with Gasteiger partial charge in [-0.1, -0.05) is 25.0 Å². The van der Waals surface area contributed by atoms with Gasteiger partial charge in [0.2, 0.25) is 0 Å². The zero-order valence-corrected chi connectivity index (χ0v) is 28.2. The van der Waals surface area contributed by atoms with Gasteiger partial charge in [0.05, 0.1) is 19.8 Å². The van der Waals surface area contributed by atoms with Crippen molar-refractivity contribution in [2.24, 2.45) is 0 Å². The average Bonchev–Trinajstić information content (AvgIpc) is 3.28. The second-order valence-electron chi connectivity index (χ2n) is 12.9. The first kappa shape index (κ1) is 32.7. The quantitative estimate of drug-likeness (QED) is 0.0700. The lowest BCUT2D eigenvalue weighted by atomic mass is 9.67. The van der Waals surface area contributed by atoms with Gasteiger partial charge in [-0.2, -0.15) is 4.79 Å². The second kappa shape index (κ2) is 14.7. The number of benzene rings is 3. The van der Waals surface area contributed by atoms with Gasteiger partial charge in [-0.25, -0.2) is 0 Å². The van der Waals surface area contributed by atoms with Crippen molar-refractivity contribution in [3.05, 3.63) is 82.4 Å². The highest BCUT2D eigenvalue weighted by molar-refractivity contribution is 6.52. The van der Waals surface area contributed by atoms with Crippen LogP contribution in [0.3, 0.4) is 0 Å². The molecule has 3 aromatic carbocycles. The third-order valence-electron chi connectivity index (χ3n) is 9.96. The van der Waals surface area contributed by atoms with Crippen molar-refractivity contribution >= 4 is 34.5 Å². The number of alkyl halides is 1. The molecule has 0 bridgehead atoms. The zero-order chi connectivity index (χ0) is 32.9. The summed E-state index contributed by atoms with van der Waals surface area (Å²) in [5.74, 6) is 2.38. The summed E-state index contributed by atoms with van der Waals surface area (Å²) in [5, 5.41) is 0. The van der Waals surface area contributed by atoms with Crippen molar-refractivity contribution in [2.75, 3.05) is 74.9 Å². The number of hydrogen-bond acceptors (Lipinski definition) is 7. The van der Waals surface area contributed by atoms with E-state index in [4.69, 9.17) is 30.5 Å². The number of ketones is 1. The lowest BCUT2D eigenvalue weighted by molar-refractivity contribution is -0.0118. The van der Waals surface area contributed by atoms with Crippen molar-refractivity contribution in [3.8, 4) is 17.2 Å². The molecule has 9 nitrogen and oxygen atoms in total. The summed E-state index contributed by atoms with van der Waals surface area (Å²) in [6, 6.07) is 17.9. The normalized spacial score (nSPS) is 16.9. The van der Waals surface area contributed by atoms with Gasteiger partial charge >= 0.3 is 5.71 Å². The molecule has 3 aliphatic heterocycles. The molecule has 1 aliphatic carbocycles. The third kappa shape index (κ3) is 6.09. The topological polar surface area (TPSA) is 96.9 Å². The molecule has 2 fully saturated rings. The molecule has 0 radical (unpaired) electrons. The van der Waals surface area contributed by atoms with Crippen LogP contribution in [0.5, 0.6) is 17.2 Å². The third-order valence-corrected chi connectivity index (χ3v) is 10.2. The lowest BCUT2D eigenvalue weighted by Crippen LogP contribution is -2.41. The molecule has 0 amide bonds. The van der Waals surface area contributed by atoms with Gasteiger partial charge in [0, 0.05) is 91.9 Å². The number of carbonyl (C=O) groups excluding carboxylic acids is 1. The van der Waals surface area contributed by atoms with Gasteiger partial charge in [0.1, 0.15) is 17.2 Å². The first-order valence-electron chi connectivity index (χ1n) is 17.4. The first-order chi connectivity index (χ1) is 23.6. The molecule has 48 heavy (non-hydrogen) atoms.